The molecule has 152 valence electrons. The average molecular weight is 402 g/mol. The molecule has 0 bridgehead atoms. The predicted molar refractivity (Wildman–Crippen MR) is 115 cm³/mol. The molecule has 2 aromatic rings. The van der Waals surface area contributed by atoms with Crippen LogP contribution in [0.1, 0.15) is 42.2 Å². The molecule has 0 aliphatic rings. The third kappa shape index (κ3) is 4.90. The molecule has 0 fully saturated rings. The van der Waals surface area contributed by atoms with Gasteiger partial charge < -0.3 is 5.11 Å². The molecule has 28 heavy (non-hydrogen) atoms. The van der Waals surface area contributed by atoms with Crippen molar-refractivity contribution in [2.24, 2.45) is 11.8 Å². The van der Waals surface area contributed by atoms with Crippen LogP contribution in [-0.2, 0) is 10.0 Å². The fraction of sp³-hybridized carbons (Fsp3) is 0.391. The highest BCUT2D eigenvalue weighted by Crippen LogP contribution is 2.31. The summed E-state index contributed by atoms with van der Waals surface area (Å²) >= 11 is 0. The molecular weight excluding hydrogens is 370 g/mol. The van der Waals surface area contributed by atoms with Gasteiger partial charge in [0.15, 0.2) is 0 Å². The molecule has 0 saturated heterocycles. The summed E-state index contributed by atoms with van der Waals surface area (Å²) in [5.74, 6) is -0.509. The van der Waals surface area contributed by atoms with Gasteiger partial charge in [0.25, 0.3) is 0 Å². The molecule has 5 heteroatoms. The second kappa shape index (κ2) is 9.03. The van der Waals surface area contributed by atoms with Crippen molar-refractivity contribution < 1.29 is 13.5 Å². The zero-order valence-electron chi connectivity index (χ0n) is 17.3. The molecule has 2 unspecified atom stereocenters. The number of aryl methyl sites for hydroxylation is 3. The van der Waals surface area contributed by atoms with Gasteiger partial charge in [-0.25, -0.2) is 13.1 Å². The van der Waals surface area contributed by atoms with Gasteiger partial charge in [-0.15, -0.1) is 6.58 Å². The SMILES string of the molecule is C=CC(C(NS(=O)(=O)c1c(C)cc(C)cc1C)C(C)C)[C@H](O)c1ccccc1. The van der Waals surface area contributed by atoms with E-state index in [0.29, 0.717) is 16.0 Å². The lowest BCUT2D eigenvalue weighted by Gasteiger charge is -2.32. The standard InChI is InChI=1S/C23H31NO3S/c1-7-20(22(25)19-11-9-8-10-12-19)21(15(2)3)24-28(26,27)23-17(5)13-16(4)14-18(23)6/h7-15,20-22,24-25H,1H2,2-6H3/t20?,21?,22-/m1/s1. The van der Waals surface area contributed by atoms with Crippen LogP contribution in [0.15, 0.2) is 60.0 Å². The van der Waals surface area contributed by atoms with Gasteiger partial charge in [0.1, 0.15) is 0 Å². The van der Waals surface area contributed by atoms with Crippen LogP contribution in [-0.4, -0.2) is 19.6 Å². The van der Waals surface area contributed by atoms with Crippen molar-refractivity contribution in [3.63, 3.8) is 0 Å². The van der Waals surface area contributed by atoms with Gasteiger partial charge in [-0.3, -0.25) is 0 Å². The van der Waals surface area contributed by atoms with Crippen LogP contribution in [0.4, 0.5) is 0 Å². The summed E-state index contributed by atoms with van der Waals surface area (Å²) in [7, 11) is -3.76. The minimum atomic E-state index is -3.76. The van der Waals surface area contributed by atoms with Crippen LogP contribution in [0.3, 0.4) is 0 Å². The molecule has 0 amide bonds. The summed E-state index contributed by atoms with van der Waals surface area (Å²) in [5.41, 5.74) is 3.19. The molecule has 4 nitrogen and oxygen atoms in total. The first-order chi connectivity index (χ1) is 13.1. The van der Waals surface area contributed by atoms with Gasteiger partial charge in [0, 0.05) is 12.0 Å². The minimum Gasteiger partial charge on any atom is -0.388 e. The van der Waals surface area contributed by atoms with Crippen molar-refractivity contribution in [2.45, 2.75) is 51.7 Å². The third-order valence-electron chi connectivity index (χ3n) is 5.08. The molecule has 0 aliphatic carbocycles. The zero-order chi connectivity index (χ0) is 21.1. The van der Waals surface area contributed by atoms with Crippen molar-refractivity contribution in [1.82, 2.24) is 4.72 Å². The van der Waals surface area contributed by atoms with Crippen molar-refractivity contribution in [3.8, 4) is 0 Å². The van der Waals surface area contributed by atoms with E-state index < -0.39 is 28.1 Å². The molecular formula is C23H31NO3S. The van der Waals surface area contributed by atoms with Crippen molar-refractivity contribution in [3.05, 3.63) is 77.4 Å². The van der Waals surface area contributed by atoms with Crippen molar-refractivity contribution in [1.29, 1.82) is 0 Å². The third-order valence-corrected chi connectivity index (χ3v) is 6.84. The zero-order valence-corrected chi connectivity index (χ0v) is 18.1. The highest BCUT2D eigenvalue weighted by Gasteiger charge is 2.33. The van der Waals surface area contributed by atoms with Gasteiger partial charge in [0.2, 0.25) is 10.0 Å². The van der Waals surface area contributed by atoms with E-state index in [1.165, 1.54) is 0 Å². The van der Waals surface area contributed by atoms with Crippen LogP contribution < -0.4 is 4.72 Å². The largest absolute Gasteiger partial charge is 0.388 e. The molecule has 2 rings (SSSR count). The Kier molecular flexibility index (Phi) is 7.21. The van der Waals surface area contributed by atoms with E-state index in [1.54, 1.807) is 6.08 Å². The Morgan fingerprint density at radius 1 is 1.04 bits per heavy atom. The number of hydrogen-bond acceptors (Lipinski definition) is 3. The van der Waals surface area contributed by atoms with Gasteiger partial charge in [-0.2, -0.15) is 0 Å². The number of hydrogen-bond donors (Lipinski definition) is 2. The lowest BCUT2D eigenvalue weighted by Crippen LogP contribution is -2.45. The van der Waals surface area contributed by atoms with Crippen LogP contribution in [0.2, 0.25) is 0 Å². The van der Waals surface area contributed by atoms with E-state index >= 15 is 0 Å². The normalized spacial score (nSPS) is 15.2. The van der Waals surface area contributed by atoms with Gasteiger partial charge in [-0.1, -0.05) is 68.0 Å². The van der Waals surface area contributed by atoms with Crippen molar-refractivity contribution in [2.75, 3.05) is 0 Å². The molecule has 0 spiro atoms. The Bertz CT molecular complexity index is 897. The topological polar surface area (TPSA) is 66.4 Å². The van der Waals surface area contributed by atoms with E-state index in [9.17, 15) is 13.5 Å². The van der Waals surface area contributed by atoms with E-state index in [4.69, 9.17) is 0 Å². The summed E-state index contributed by atoms with van der Waals surface area (Å²) in [6.45, 7) is 13.3. The molecule has 3 atom stereocenters. The molecule has 0 aliphatic heterocycles. The van der Waals surface area contributed by atoms with E-state index in [-0.39, 0.29) is 5.92 Å². The maximum Gasteiger partial charge on any atom is 0.241 e. The minimum absolute atomic E-state index is 0.0396. The lowest BCUT2D eigenvalue weighted by molar-refractivity contribution is 0.104. The van der Waals surface area contributed by atoms with Crippen LogP contribution in [0.25, 0.3) is 0 Å². The quantitative estimate of drug-likeness (QED) is 0.642. The molecule has 0 aromatic heterocycles. The van der Waals surface area contributed by atoms with Gasteiger partial charge in [0.05, 0.1) is 11.0 Å². The first kappa shape index (κ1) is 22.3. The molecule has 0 radical (unpaired) electrons. The Morgan fingerprint density at radius 3 is 2.04 bits per heavy atom. The maximum atomic E-state index is 13.3. The second-order valence-corrected chi connectivity index (χ2v) is 9.44. The summed E-state index contributed by atoms with van der Waals surface area (Å²) in [6, 6.07) is 12.5. The Labute approximate surface area is 169 Å². The van der Waals surface area contributed by atoms with Crippen LogP contribution in [0, 0.1) is 32.6 Å². The van der Waals surface area contributed by atoms with E-state index in [1.807, 2.05) is 77.1 Å². The van der Waals surface area contributed by atoms with E-state index in [0.717, 1.165) is 11.1 Å². The lowest BCUT2D eigenvalue weighted by atomic mass is 9.84. The molecule has 0 heterocycles. The maximum absolute atomic E-state index is 13.3. The monoisotopic (exact) mass is 401 g/mol. The number of aliphatic hydroxyl groups excluding tert-OH is 1. The smallest absolute Gasteiger partial charge is 0.241 e. The Balaban J connectivity index is 2.42. The first-order valence-corrected chi connectivity index (χ1v) is 11.0. The average Bonchev–Trinajstić information content (AvgIpc) is 2.60. The second-order valence-electron chi connectivity index (χ2n) is 7.79. The summed E-state index contributed by atoms with van der Waals surface area (Å²) in [5, 5.41) is 10.9. The summed E-state index contributed by atoms with van der Waals surface area (Å²) < 4.78 is 29.4. The number of aliphatic hydroxyl groups is 1. The Morgan fingerprint density at radius 2 is 1.57 bits per heavy atom. The van der Waals surface area contributed by atoms with Gasteiger partial charge >= 0.3 is 0 Å². The van der Waals surface area contributed by atoms with Crippen molar-refractivity contribution >= 4 is 10.0 Å². The molecule has 2 aromatic carbocycles. The fourth-order valence-electron chi connectivity index (χ4n) is 3.83. The summed E-state index contributed by atoms with van der Waals surface area (Å²) in [6.07, 6.45) is 0.786. The fourth-order valence-corrected chi connectivity index (χ4v) is 5.70. The summed E-state index contributed by atoms with van der Waals surface area (Å²) in [4.78, 5) is 0.306. The highest BCUT2D eigenvalue weighted by molar-refractivity contribution is 7.89. The predicted octanol–water partition coefficient (Wildman–Crippen LogP) is 4.45. The Hall–Kier alpha value is -1.95. The van der Waals surface area contributed by atoms with E-state index in [2.05, 4.69) is 11.3 Å². The number of sulfonamides is 1. The first-order valence-electron chi connectivity index (χ1n) is 9.54. The molecule has 2 N–H and O–H groups in total. The van der Waals surface area contributed by atoms with Crippen LogP contribution >= 0.6 is 0 Å². The highest BCUT2D eigenvalue weighted by atomic mass is 32.2. The number of benzene rings is 2. The number of nitrogens with one attached hydrogen (secondary N) is 1. The van der Waals surface area contributed by atoms with Gasteiger partial charge in [-0.05, 0) is 43.4 Å². The number of rotatable bonds is 8. The van der Waals surface area contributed by atoms with Crippen LogP contribution in [0.5, 0.6) is 0 Å². The molecule has 0 saturated carbocycles.